The van der Waals surface area contributed by atoms with Crippen molar-refractivity contribution in [1.82, 2.24) is 0 Å². The lowest BCUT2D eigenvalue weighted by molar-refractivity contribution is 0.0504. The number of ether oxygens (including phenoxy) is 1. The minimum Gasteiger partial charge on any atom is -0.462 e. The van der Waals surface area contributed by atoms with Crippen molar-refractivity contribution in [2.45, 2.75) is 25.2 Å². The molecule has 0 aliphatic carbocycles. The Labute approximate surface area is 105 Å². The van der Waals surface area contributed by atoms with Crippen molar-refractivity contribution in [3.05, 3.63) is 29.1 Å². The fourth-order valence-corrected chi connectivity index (χ4v) is 2.16. The average Bonchev–Trinajstić information content (AvgIpc) is 2.27. The molecule has 0 saturated heterocycles. The maximum atomic E-state index is 13.5. The third-order valence-electron chi connectivity index (χ3n) is 2.28. The van der Waals surface area contributed by atoms with Crippen LogP contribution < -0.4 is 5.14 Å². The molecule has 0 saturated carbocycles. The molecule has 1 rings (SSSR count). The van der Waals surface area contributed by atoms with Gasteiger partial charge in [-0.1, -0.05) is 6.92 Å². The van der Waals surface area contributed by atoms with Crippen LogP contribution in [0.3, 0.4) is 0 Å². The summed E-state index contributed by atoms with van der Waals surface area (Å²) in [5, 5.41) is 4.95. The van der Waals surface area contributed by atoms with Crippen LogP contribution in [0.5, 0.6) is 0 Å². The Bertz CT molecular complexity index is 569. The first-order chi connectivity index (χ1) is 8.27. The molecule has 0 bridgehead atoms. The molecule has 2 N–H and O–H groups in total. The van der Waals surface area contributed by atoms with Crippen molar-refractivity contribution in [3.8, 4) is 0 Å². The van der Waals surface area contributed by atoms with Gasteiger partial charge >= 0.3 is 5.97 Å². The second kappa shape index (κ2) is 5.45. The van der Waals surface area contributed by atoms with Gasteiger partial charge in [0, 0.05) is 5.56 Å². The molecule has 0 spiro atoms. The van der Waals surface area contributed by atoms with E-state index in [1.54, 1.807) is 6.92 Å². The van der Waals surface area contributed by atoms with Crippen molar-refractivity contribution in [2.24, 2.45) is 5.14 Å². The van der Waals surface area contributed by atoms with E-state index in [0.717, 1.165) is 12.1 Å². The van der Waals surface area contributed by atoms with Crippen molar-refractivity contribution >= 4 is 16.0 Å². The molecule has 0 amide bonds. The van der Waals surface area contributed by atoms with Gasteiger partial charge in [0.25, 0.3) is 0 Å². The Morgan fingerprint density at radius 1 is 1.44 bits per heavy atom. The smallest absolute Gasteiger partial charge is 0.338 e. The predicted molar refractivity (Wildman–Crippen MR) is 63.1 cm³/mol. The van der Waals surface area contributed by atoms with Crippen LogP contribution in [0.4, 0.5) is 4.39 Å². The van der Waals surface area contributed by atoms with Gasteiger partial charge in [-0.3, -0.25) is 0 Å². The standard InChI is InChI=1S/C11H14FNO4S/c1-3-4-17-11(14)8-5-9(12)7(2)10(6-8)18(13,15)16/h5-6H,3-4H2,1-2H3,(H2,13,15,16). The quantitative estimate of drug-likeness (QED) is 0.840. The second-order valence-corrected chi connectivity index (χ2v) is 5.29. The lowest BCUT2D eigenvalue weighted by Gasteiger charge is -2.08. The van der Waals surface area contributed by atoms with Crippen LogP contribution in [0, 0.1) is 12.7 Å². The van der Waals surface area contributed by atoms with E-state index in [0.29, 0.717) is 6.42 Å². The minimum absolute atomic E-state index is 0.121. The maximum Gasteiger partial charge on any atom is 0.338 e. The van der Waals surface area contributed by atoms with Crippen LogP contribution in [0.2, 0.25) is 0 Å². The molecule has 0 radical (unpaired) electrons. The van der Waals surface area contributed by atoms with Crippen molar-refractivity contribution in [1.29, 1.82) is 0 Å². The zero-order valence-corrected chi connectivity index (χ0v) is 10.9. The van der Waals surface area contributed by atoms with Crippen LogP contribution in [0.15, 0.2) is 17.0 Å². The van der Waals surface area contributed by atoms with Crippen LogP contribution >= 0.6 is 0 Å². The van der Waals surface area contributed by atoms with Crippen LogP contribution in [0.1, 0.15) is 29.3 Å². The fourth-order valence-electron chi connectivity index (χ4n) is 1.35. The highest BCUT2D eigenvalue weighted by molar-refractivity contribution is 7.89. The molecule has 0 heterocycles. The number of carbonyl (C=O) groups excluding carboxylic acids is 1. The summed E-state index contributed by atoms with van der Waals surface area (Å²) in [6, 6.07) is 1.95. The summed E-state index contributed by atoms with van der Waals surface area (Å²) in [5.41, 5.74) is -0.292. The molecule has 0 aromatic heterocycles. The Balaban J connectivity index is 3.25. The number of nitrogens with two attached hydrogens (primary N) is 1. The molecule has 1 aromatic rings. The lowest BCUT2D eigenvalue weighted by atomic mass is 10.1. The maximum absolute atomic E-state index is 13.5. The zero-order valence-electron chi connectivity index (χ0n) is 10.1. The summed E-state index contributed by atoms with van der Waals surface area (Å²) in [6.07, 6.45) is 0.613. The SMILES string of the molecule is CCCOC(=O)c1cc(F)c(C)c(S(N)(=O)=O)c1. The average molecular weight is 275 g/mol. The van der Waals surface area contributed by atoms with Crippen molar-refractivity contribution in [3.63, 3.8) is 0 Å². The van der Waals surface area contributed by atoms with E-state index in [-0.39, 0.29) is 17.7 Å². The Morgan fingerprint density at radius 3 is 2.56 bits per heavy atom. The van der Waals surface area contributed by atoms with Gasteiger partial charge in [0.2, 0.25) is 10.0 Å². The van der Waals surface area contributed by atoms with Gasteiger partial charge in [-0.25, -0.2) is 22.7 Å². The first-order valence-electron chi connectivity index (χ1n) is 5.27. The molecule has 0 aliphatic rings. The minimum atomic E-state index is -4.08. The first-order valence-corrected chi connectivity index (χ1v) is 6.82. The molecule has 5 nitrogen and oxygen atoms in total. The number of halogens is 1. The highest BCUT2D eigenvalue weighted by Crippen LogP contribution is 2.20. The van der Waals surface area contributed by atoms with E-state index in [1.165, 1.54) is 6.92 Å². The summed E-state index contributed by atoms with van der Waals surface area (Å²) in [4.78, 5) is 11.1. The predicted octanol–water partition coefficient (Wildman–Crippen LogP) is 1.35. The fraction of sp³-hybridized carbons (Fsp3) is 0.364. The molecule has 0 aliphatic heterocycles. The highest BCUT2D eigenvalue weighted by Gasteiger charge is 2.19. The first kappa shape index (κ1) is 14.6. The number of esters is 1. The van der Waals surface area contributed by atoms with Crippen molar-refractivity contribution < 1.29 is 22.3 Å². The number of sulfonamides is 1. The van der Waals surface area contributed by atoms with Gasteiger partial charge in [0.05, 0.1) is 17.1 Å². The molecule has 0 unspecified atom stereocenters. The van der Waals surface area contributed by atoms with E-state index >= 15 is 0 Å². The number of benzene rings is 1. The third-order valence-corrected chi connectivity index (χ3v) is 3.31. The van der Waals surface area contributed by atoms with E-state index in [1.807, 2.05) is 0 Å². The van der Waals surface area contributed by atoms with Gasteiger partial charge in [-0.2, -0.15) is 0 Å². The van der Waals surface area contributed by atoms with E-state index in [2.05, 4.69) is 0 Å². The normalized spacial score (nSPS) is 11.3. The van der Waals surface area contributed by atoms with Gasteiger partial charge in [-0.15, -0.1) is 0 Å². The highest BCUT2D eigenvalue weighted by atomic mass is 32.2. The van der Waals surface area contributed by atoms with Gasteiger partial charge in [0.15, 0.2) is 0 Å². The molecule has 0 fully saturated rings. The summed E-state index contributed by atoms with van der Waals surface area (Å²) in [6.45, 7) is 3.26. The van der Waals surface area contributed by atoms with Gasteiger partial charge in [0.1, 0.15) is 5.82 Å². The van der Waals surface area contributed by atoms with Gasteiger partial charge in [-0.05, 0) is 25.5 Å². The molecule has 0 atom stereocenters. The summed E-state index contributed by atoms with van der Waals surface area (Å²) < 4.78 is 40.8. The van der Waals surface area contributed by atoms with E-state index in [9.17, 15) is 17.6 Å². The number of primary sulfonamides is 1. The Kier molecular flexibility index (Phi) is 4.42. The Hall–Kier alpha value is -1.47. The number of hydrogen-bond acceptors (Lipinski definition) is 4. The third kappa shape index (κ3) is 3.27. The number of hydrogen-bond donors (Lipinski definition) is 1. The molecule has 1 aromatic carbocycles. The summed E-state index contributed by atoms with van der Waals surface area (Å²) in [7, 11) is -4.08. The van der Waals surface area contributed by atoms with Crippen LogP contribution in [-0.2, 0) is 14.8 Å². The number of carbonyl (C=O) groups is 1. The topological polar surface area (TPSA) is 86.5 Å². The number of rotatable bonds is 4. The van der Waals surface area contributed by atoms with Crippen LogP contribution in [-0.4, -0.2) is 21.0 Å². The lowest BCUT2D eigenvalue weighted by Crippen LogP contribution is -2.16. The summed E-state index contributed by atoms with van der Waals surface area (Å²) >= 11 is 0. The molecule has 7 heteroatoms. The van der Waals surface area contributed by atoms with E-state index in [4.69, 9.17) is 9.88 Å². The largest absolute Gasteiger partial charge is 0.462 e. The van der Waals surface area contributed by atoms with Gasteiger partial charge < -0.3 is 4.74 Å². The van der Waals surface area contributed by atoms with E-state index < -0.39 is 26.7 Å². The molecular weight excluding hydrogens is 261 g/mol. The van der Waals surface area contributed by atoms with Crippen LogP contribution in [0.25, 0.3) is 0 Å². The molecule has 100 valence electrons. The van der Waals surface area contributed by atoms with Crippen molar-refractivity contribution in [2.75, 3.05) is 6.61 Å². The molecule has 18 heavy (non-hydrogen) atoms. The Morgan fingerprint density at radius 2 is 2.06 bits per heavy atom. The monoisotopic (exact) mass is 275 g/mol. The molecular formula is C11H14FNO4S. The zero-order chi connectivity index (χ0) is 13.9. The summed E-state index contributed by atoms with van der Waals surface area (Å²) in [5.74, 6) is -1.59. The second-order valence-electron chi connectivity index (χ2n) is 3.76.